The molecule has 55 heavy (non-hydrogen) atoms. The van der Waals surface area contributed by atoms with Crippen LogP contribution in [0.15, 0.2) is 65.9 Å². The Morgan fingerprint density at radius 1 is 1.04 bits per heavy atom. The smallest absolute Gasteiger partial charge is 0.417 e. The molecule has 0 bridgehead atoms. The molecule has 0 unspecified atom stereocenters. The second-order valence-electron chi connectivity index (χ2n) is 13.9. The highest BCUT2D eigenvalue weighted by atomic mass is 16.7. The van der Waals surface area contributed by atoms with Gasteiger partial charge in [-0.25, -0.2) is 9.59 Å². The van der Waals surface area contributed by atoms with Crippen molar-refractivity contribution in [1.29, 1.82) is 0 Å². The first-order valence-corrected chi connectivity index (χ1v) is 18.9. The Balaban J connectivity index is 1.67. The molecule has 0 aromatic heterocycles. The molecule has 6 atom stereocenters. The molecule has 300 valence electrons. The summed E-state index contributed by atoms with van der Waals surface area (Å²) >= 11 is 0. The summed E-state index contributed by atoms with van der Waals surface area (Å²) in [5.41, 5.74) is 2.77. The van der Waals surface area contributed by atoms with Gasteiger partial charge in [-0.3, -0.25) is 5.32 Å². The zero-order valence-electron chi connectivity index (χ0n) is 32.5. The van der Waals surface area contributed by atoms with E-state index in [0.717, 1.165) is 36.8 Å². The Kier molecular flexibility index (Phi) is 14.4. The van der Waals surface area contributed by atoms with Crippen molar-refractivity contribution in [1.82, 2.24) is 4.90 Å². The summed E-state index contributed by atoms with van der Waals surface area (Å²) < 4.78 is 35.7. The van der Waals surface area contributed by atoms with E-state index >= 15 is 0 Å². The van der Waals surface area contributed by atoms with E-state index in [9.17, 15) is 19.8 Å². The number of aliphatic hydroxyl groups is 2. The van der Waals surface area contributed by atoms with Crippen molar-refractivity contribution < 1.29 is 53.1 Å². The van der Waals surface area contributed by atoms with Crippen LogP contribution in [0.2, 0.25) is 0 Å². The molecule has 0 radical (unpaired) electrons. The summed E-state index contributed by atoms with van der Waals surface area (Å²) in [6.07, 6.45) is 7.25. The number of ether oxygens (including phenoxy) is 6. The maximum Gasteiger partial charge on any atom is 0.417 e. The SMILES string of the molecule is C=CCO[C@@]12Oc3ccc(OC(=O)Nc4ccc(OC)cc4OC)cc3[C@H]3[C@H](CCCCO)[C@@H](CCCCO)C=C(C(=NOCC)C[C@@H]1N(C)C(=O)OC)[C@H]32. The van der Waals surface area contributed by atoms with Gasteiger partial charge in [0.2, 0.25) is 5.79 Å². The molecular formula is C41H55N3O11. The lowest BCUT2D eigenvalue weighted by molar-refractivity contribution is -0.253. The van der Waals surface area contributed by atoms with Gasteiger partial charge in [-0.15, -0.1) is 6.58 Å². The van der Waals surface area contributed by atoms with Crippen LogP contribution < -0.4 is 24.3 Å². The number of hydrogen-bond donors (Lipinski definition) is 3. The summed E-state index contributed by atoms with van der Waals surface area (Å²) in [6.45, 7) is 6.40. The lowest BCUT2D eigenvalue weighted by Crippen LogP contribution is -2.69. The number of carbonyl (C=O) groups is 2. The number of methoxy groups -OCH3 is 3. The van der Waals surface area contributed by atoms with Crippen molar-refractivity contribution in [3.8, 4) is 23.0 Å². The van der Waals surface area contributed by atoms with Crippen LogP contribution in [-0.4, -0.2) is 99.6 Å². The monoisotopic (exact) mass is 765 g/mol. The third-order valence-corrected chi connectivity index (χ3v) is 10.7. The van der Waals surface area contributed by atoms with E-state index in [-0.39, 0.29) is 49.7 Å². The Labute approximate surface area is 323 Å². The van der Waals surface area contributed by atoms with E-state index in [4.69, 9.17) is 33.3 Å². The van der Waals surface area contributed by atoms with Gasteiger partial charge < -0.3 is 48.4 Å². The highest BCUT2D eigenvalue weighted by molar-refractivity contribution is 6.03. The molecule has 1 saturated carbocycles. The topological polar surface area (TPSA) is 167 Å². The molecule has 5 rings (SSSR count). The van der Waals surface area contributed by atoms with Gasteiger partial charge >= 0.3 is 12.2 Å². The zero-order chi connectivity index (χ0) is 39.5. The number of oxime groups is 1. The maximum absolute atomic E-state index is 13.4. The molecule has 0 spiro atoms. The van der Waals surface area contributed by atoms with E-state index in [1.54, 1.807) is 50.6 Å². The molecule has 3 N–H and O–H groups in total. The summed E-state index contributed by atoms with van der Waals surface area (Å²) in [5, 5.41) is 26.9. The first-order valence-electron chi connectivity index (χ1n) is 18.9. The summed E-state index contributed by atoms with van der Waals surface area (Å²) in [7, 11) is 6.03. The van der Waals surface area contributed by atoms with E-state index in [0.29, 0.717) is 48.1 Å². The number of benzene rings is 2. The second kappa shape index (κ2) is 19.2. The molecule has 14 nitrogen and oxygen atoms in total. The van der Waals surface area contributed by atoms with Crippen LogP contribution in [-0.2, 0) is 14.3 Å². The normalized spacial score (nSPS) is 24.3. The summed E-state index contributed by atoms with van der Waals surface area (Å²) in [6, 6.07) is 9.59. The van der Waals surface area contributed by atoms with E-state index in [1.807, 2.05) is 13.0 Å². The summed E-state index contributed by atoms with van der Waals surface area (Å²) in [4.78, 5) is 33.8. The van der Waals surface area contributed by atoms with Gasteiger partial charge in [-0.1, -0.05) is 30.1 Å². The van der Waals surface area contributed by atoms with Gasteiger partial charge in [0, 0.05) is 44.2 Å². The minimum Gasteiger partial charge on any atom is -0.497 e. The molecule has 0 saturated heterocycles. The Hall–Kier alpha value is -4.79. The lowest BCUT2D eigenvalue weighted by atomic mass is 9.55. The standard InChI is InChI=1S/C41H55N3O11/c1-7-21-52-41-36(44(3)40(48)51-6)25-33(43-53-8-2)30-22-26(13-9-11-19-45)29(14-10-12-20-46)37(38(30)41)31-23-28(16-18-34(31)55-41)54-39(47)42-32-17-15-27(49-4)24-35(32)50-5/h7,15-18,22-24,26,29,36-38,45-46H,1,8-14,19-21,25H2,2-6H3,(H,42,47)/t26-,29+,36-,37+,38+,41+/m0/s1. The number of aliphatic hydroxyl groups excluding tert-OH is 2. The van der Waals surface area contributed by atoms with E-state index in [1.165, 1.54) is 19.1 Å². The van der Waals surface area contributed by atoms with Crippen molar-refractivity contribution in [2.45, 2.75) is 69.6 Å². The Bertz CT molecular complexity index is 1710. The van der Waals surface area contributed by atoms with Gasteiger partial charge in [0.25, 0.3) is 0 Å². The fourth-order valence-electron chi connectivity index (χ4n) is 8.35. The number of anilines is 1. The summed E-state index contributed by atoms with van der Waals surface area (Å²) in [5.74, 6) is -0.396. The largest absolute Gasteiger partial charge is 0.497 e. The molecule has 2 aliphatic carbocycles. The van der Waals surface area contributed by atoms with Crippen LogP contribution in [0.5, 0.6) is 23.0 Å². The molecule has 1 heterocycles. The fraction of sp³-hybridized carbons (Fsp3) is 0.537. The van der Waals surface area contributed by atoms with E-state index < -0.39 is 29.9 Å². The number of carbonyl (C=O) groups excluding carboxylic acids is 2. The van der Waals surface area contributed by atoms with Crippen molar-refractivity contribution in [3.63, 3.8) is 0 Å². The third-order valence-electron chi connectivity index (χ3n) is 10.7. The lowest BCUT2D eigenvalue weighted by Gasteiger charge is -2.59. The fourth-order valence-corrected chi connectivity index (χ4v) is 8.35. The van der Waals surface area contributed by atoms with Crippen LogP contribution >= 0.6 is 0 Å². The van der Waals surface area contributed by atoms with Crippen LogP contribution in [0.25, 0.3) is 0 Å². The van der Waals surface area contributed by atoms with Crippen LogP contribution in [0.3, 0.4) is 0 Å². The number of unbranched alkanes of at least 4 members (excludes halogenated alkanes) is 2. The number of amides is 2. The predicted molar refractivity (Wildman–Crippen MR) is 206 cm³/mol. The van der Waals surface area contributed by atoms with Crippen molar-refractivity contribution in [2.24, 2.45) is 22.9 Å². The van der Waals surface area contributed by atoms with Gasteiger partial charge in [0.05, 0.1) is 45.3 Å². The number of nitrogens with one attached hydrogen (secondary N) is 1. The Morgan fingerprint density at radius 2 is 1.78 bits per heavy atom. The van der Waals surface area contributed by atoms with Crippen molar-refractivity contribution >= 4 is 23.6 Å². The van der Waals surface area contributed by atoms with Crippen LogP contribution in [0, 0.1) is 17.8 Å². The number of fused-ring (bicyclic) bond motifs is 2. The highest BCUT2D eigenvalue weighted by Gasteiger charge is 2.65. The van der Waals surface area contributed by atoms with Gasteiger partial charge in [0.1, 0.15) is 35.6 Å². The maximum atomic E-state index is 13.4. The molecule has 2 aromatic rings. The predicted octanol–water partition coefficient (Wildman–Crippen LogP) is 6.67. The number of allylic oxidation sites excluding steroid dienone is 1. The number of hydrogen-bond acceptors (Lipinski definition) is 12. The molecule has 2 aromatic carbocycles. The average molecular weight is 766 g/mol. The number of rotatable bonds is 18. The van der Waals surface area contributed by atoms with Crippen molar-refractivity contribution in [2.75, 3.05) is 60.1 Å². The third kappa shape index (κ3) is 8.87. The molecule has 1 aliphatic heterocycles. The number of likely N-dealkylation sites (N-methyl/N-ethyl adjacent to an activating group) is 1. The quantitative estimate of drug-likeness (QED) is 0.0843. The molecule has 14 heteroatoms. The minimum atomic E-state index is -1.41. The van der Waals surface area contributed by atoms with Gasteiger partial charge in [-0.2, -0.15) is 0 Å². The van der Waals surface area contributed by atoms with E-state index in [2.05, 4.69) is 23.1 Å². The first-order chi connectivity index (χ1) is 26.7. The van der Waals surface area contributed by atoms with Gasteiger partial charge in [0.15, 0.2) is 0 Å². The molecular weight excluding hydrogens is 710 g/mol. The molecule has 2 amide bonds. The molecule has 1 fully saturated rings. The number of nitrogens with zero attached hydrogens (tertiary/aromatic N) is 2. The average Bonchev–Trinajstić information content (AvgIpc) is 3.20. The van der Waals surface area contributed by atoms with Crippen LogP contribution in [0.1, 0.15) is 63.4 Å². The molecule has 3 aliphatic rings. The second-order valence-corrected chi connectivity index (χ2v) is 13.9. The van der Waals surface area contributed by atoms with Gasteiger partial charge in [-0.05, 0) is 80.3 Å². The zero-order valence-corrected chi connectivity index (χ0v) is 32.5. The van der Waals surface area contributed by atoms with Crippen molar-refractivity contribution in [3.05, 3.63) is 66.3 Å². The minimum absolute atomic E-state index is 0.00323. The Morgan fingerprint density at radius 3 is 2.45 bits per heavy atom. The highest BCUT2D eigenvalue weighted by Crippen LogP contribution is 2.61. The van der Waals surface area contributed by atoms with Crippen LogP contribution in [0.4, 0.5) is 15.3 Å². The first kappa shape index (κ1) is 41.4.